The number of rotatable bonds is 8. The first-order valence-corrected chi connectivity index (χ1v) is 12.4. The summed E-state index contributed by atoms with van der Waals surface area (Å²) >= 11 is 0. The third-order valence-electron chi connectivity index (χ3n) is 7.19. The van der Waals surface area contributed by atoms with Crippen molar-refractivity contribution in [2.24, 2.45) is 5.92 Å². The van der Waals surface area contributed by atoms with Crippen LogP contribution in [0.3, 0.4) is 0 Å². The van der Waals surface area contributed by atoms with Crippen LogP contribution in [0.1, 0.15) is 83.0 Å². The van der Waals surface area contributed by atoms with Crippen molar-refractivity contribution in [1.29, 1.82) is 0 Å². The summed E-state index contributed by atoms with van der Waals surface area (Å²) in [5, 5.41) is 3.17. The van der Waals surface area contributed by atoms with Gasteiger partial charge in [0.05, 0.1) is 6.10 Å². The normalized spacial score (nSPS) is 26.1. The summed E-state index contributed by atoms with van der Waals surface area (Å²) < 4.78 is 11.7. The van der Waals surface area contributed by atoms with Gasteiger partial charge >= 0.3 is 0 Å². The van der Waals surface area contributed by atoms with Crippen LogP contribution >= 0.6 is 0 Å². The van der Waals surface area contributed by atoms with Crippen LogP contribution in [0.5, 0.6) is 5.75 Å². The number of carbonyl (C=O) groups is 2. The van der Waals surface area contributed by atoms with Crippen LogP contribution in [0.25, 0.3) is 0 Å². The van der Waals surface area contributed by atoms with Gasteiger partial charge in [-0.25, -0.2) is 0 Å². The van der Waals surface area contributed by atoms with Crippen molar-refractivity contribution in [3.05, 3.63) is 29.8 Å². The molecule has 0 radical (unpaired) electrons. The van der Waals surface area contributed by atoms with Gasteiger partial charge in [-0.15, -0.1) is 0 Å². The number of nitrogens with zero attached hydrogens (tertiary/aromatic N) is 1. The van der Waals surface area contributed by atoms with Gasteiger partial charge in [-0.3, -0.25) is 9.59 Å². The molecular weight excluding hydrogens is 404 g/mol. The molecule has 0 spiro atoms. The Kier molecular flexibility index (Phi) is 8.97. The zero-order valence-electron chi connectivity index (χ0n) is 20.1. The monoisotopic (exact) mass is 444 g/mol. The largest absolute Gasteiger partial charge is 0.484 e. The average Bonchev–Trinajstić information content (AvgIpc) is 2.79. The molecule has 6 heteroatoms. The van der Waals surface area contributed by atoms with Crippen molar-refractivity contribution >= 4 is 11.8 Å². The minimum Gasteiger partial charge on any atom is -0.484 e. The van der Waals surface area contributed by atoms with Gasteiger partial charge in [-0.05, 0) is 76.1 Å². The number of amides is 2. The van der Waals surface area contributed by atoms with Gasteiger partial charge in [0, 0.05) is 30.3 Å². The maximum atomic E-state index is 12.7. The summed E-state index contributed by atoms with van der Waals surface area (Å²) in [5.74, 6) is 1.11. The van der Waals surface area contributed by atoms with Crippen molar-refractivity contribution in [3.8, 4) is 5.75 Å². The lowest BCUT2D eigenvalue weighted by atomic mass is 9.89. The molecular formula is C26H40N2O4. The van der Waals surface area contributed by atoms with Crippen molar-refractivity contribution in [2.45, 2.75) is 96.9 Å². The molecule has 6 nitrogen and oxygen atoms in total. The molecule has 0 bridgehead atoms. The molecule has 4 atom stereocenters. The first kappa shape index (κ1) is 24.6. The van der Waals surface area contributed by atoms with Crippen LogP contribution in [-0.2, 0) is 9.53 Å². The van der Waals surface area contributed by atoms with Crippen LogP contribution in [0.4, 0.5) is 0 Å². The van der Waals surface area contributed by atoms with E-state index < -0.39 is 0 Å². The Bertz CT molecular complexity index is 737. The molecule has 2 heterocycles. The smallest absolute Gasteiger partial charge is 0.260 e. The van der Waals surface area contributed by atoms with Crippen molar-refractivity contribution in [2.75, 3.05) is 13.2 Å². The molecule has 2 fully saturated rings. The fourth-order valence-corrected chi connectivity index (χ4v) is 5.21. The summed E-state index contributed by atoms with van der Waals surface area (Å²) in [6.07, 6.45) is 7.40. The Morgan fingerprint density at radius 2 is 1.75 bits per heavy atom. The molecule has 1 aromatic carbocycles. The zero-order chi connectivity index (χ0) is 23.1. The van der Waals surface area contributed by atoms with E-state index in [1.807, 2.05) is 4.90 Å². The van der Waals surface area contributed by atoms with Gasteiger partial charge in [0.1, 0.15) is 5.75 Å². The molecule has 3 rings (SSSR count). The third-order valence-corrected chi connectivity index (χ3v) is 7.19. The standard InChI is InChI=1S/C26H40N2O4/c1-5-20(6-2)24-16-22(14-15-31-24)27-26(30)21-10-12-23(13-11-21)32-17-25(29)28-18(3)8-7-9-19(28)4/h10-13,18-20,22,24H,5-9,14-17H2,1-4H3,(H,27,30)/t18-,19-,22+,24-/m0/s1. The van der Waals surface area contributed by atoms with E-state index in [4.69, 9.17) is 9.47 Å². The van der Waals surface area contributed by atoms with E-state index >= 15 is 0 Å². The van der Waals surface area contributed by atoms with Crippen LogP contribution in [-0.4, -0.2) is 54.2 Å². The maximum absolute atomic E-state index is 12.7. The molecule has 2 amide bonds. The number of benzene rings is 1. The maximum Gasteiger partial charge on any atom is 0.260 e. The molecule has 0 aromatic heterocycles. The summed E-state index contributed by atoms with van der Waals surface area (Å²) in [5.41, 5.74) is 0.604. The van der Waals surface area contributed by atoms with E-state index in [0.717, 1.165) is 38.5 Å². The van der Waals surface area contributed by atoms with E-state index in [0.29, 0.717) is 23.8 Å². The van der Waals surface area contributed by atoms with Crippen molar-refractivity contribution < 1.29 is 19.1 Å². The first-order chi connectivity index (χ1) is 15.4. The number of likely N-dealkylation sites (tertiary alicyclic amines) is 1. The Hall–Kier alpha value is -2.08. The number of nitrogens with one attached hydrogen (secondary N) is 1. The predicted octanol–water partition coefficient (Wildman–Crippen LogP) is 4.57. The second kappa shape index (κ2) is 11.7. The molecule has 0 aliphatic carbocycles. The van der Waals surface area contributed by atoms with Gasteiger partial charge in [-0.2, -0.15) is 0 Å². The van der Waals surface area contributed by atoms with Crippen LogP contribution < -0.4 is 10.1 Å². The predicted molar refractivity (Wildman–Crippen MR) is 126 cm³/mol. The molecule has 1 N–H and O–H groups in total. The van der Waals surface area contributed by atoms with E-state index in [9.17, 15) is 9.59 Å². The van der Waals surface area contributed by atoms with Crippen LogP contribution in [0.15, 0.2) is 24.3 Å². The van der Waals surface area contributed by atoms with Crippen molar-refractivity contribution in [3.63, 3.8) is 0 Å². The fraction of sp³-hybridized carbons (Fsp3) is 0.692. The summed E-state index contributed by atoms with van der Waals surface area (Å²) in [7, 11) is 0. The van der Waals surface area contributed by atoms with E-state index in [1.54, 1.807) is 24.3 Å². The molecule has 0 saturated carbocycles. The number of hydrogen-bond donors (Lipinski definition) is 1. The van der Waals surface area contributed by atoms with Gasteiger partial charge < -0.3 is 19.7 Å². The highest BCUT2D eigenvalue weighted by molar-refractivity contribution is 5.94. The number of hydrogen-bond acceptors (Lipinski definition) is 4. The Balaban J connectivity index is 1.49. The number of ether oxygens (including phenoxy) is 2. The number of carbonyl (C=O) groups excluding carboxylic acids is 2. The fourth-order valence-electron chi connectivity index (χ4n) is 5.21. The third kappa shape index (κ3) is 6.25. The quantitative estimate of drug-likeness (QED) is 0.638. The molecule has 2 aliphatic heterocycles. The van der Waals surface area contributed by atoms with E-state index in [1.165, 1.54) is 6.42 Å². The molecule has 0 unspecified atom stereocenters. The Morgan fingerprint density at radius 1 is 1.09 bits per heavy atom. The average molecular weight is 445 g/mol. The first-order valence-electron chi connectivity index (χ1n) is 12.4. The topological polar surface area (TPSA) is 67.9 Å². The van der Waals surface area contributed by atoms with Crippen LogP contribution in [0.2, 0.25) is 0 Å². The Morgan fingerprint density at radius 3 is 2.38 bits per heavy atom. The van der Waals surface area contributed by atoms with Gasteiger partial charge in [0.25, 0.3) is 11.8 Å². The second-order valence-corrected chi connectivity index (χ2v) is 9.42. The highest BCUT2D eigenvalue weighted by atomic mass is 16.5. The lowest BCUT2D eigenvalue weighted by Crippen LogP contribution is -2.49. The Labute approximate surface area is 193 Å². The highest BCUT2D eigenvalue weighted by Crippen LogP contribution is 2.26. The molecule has 1 aromatic rings. The molecule has 2 aliphatic rings. The highest BCUT2D eigenvalue weighted by Gasteiger charge is 2.30. The summed E-state index contributed by atoms with van der Waals surface area (Å²) in [6, 6.07) is 7.72. The van der Waals surface area contributed by atoms with E-state index in [-0.39, 0.29) is 42.7 Å². The lowest BCUT2D eigenvalue weighted by Gasteiger charge is -2.38. The van der Waals surface area contributed by atoms with Crippen LogP contribution in [0, 0.1) is 5.92 Å². The number of piperidine rings is 1. The minimum absolute atomic E-state index is 0.0260. The zero-order valence-corrected chi connectivity index (χ0v) is 20.1. The summed E-state index contributed by atoms with van der Waals surface area (Å²) in [6.45, 7) is 9.33. The lowest BCUT2D eigenvalue weighted by molar-refractivity contribution is -0.139. The minimum atomic E-state index is -0.0706. The molecule has 178 valence electrons. The van der Waals surface area contributed by atoms with Gasteiger partial charge in [0.2, 0.25) is 0 Å². The van der Waals surface area contributed by atoms with Gasteiger partial charge in [0.15, 0.2) is 6.61 Å². The summed E-state index contributed by atoms with van der Waals surface area (Å²) in [4.78, 5) is 27.3. The van der Waals surface area contributed by atoms with E-state index in [2.05, 4.69) is 33.0 Å². The molecule has 32 heavy (non-hydrogen) atoms. The second-order valence-electron chi connectivity index (χ2n) is 9.42. The van der Waals surface area contributed by atoms with Crippen molar-refractivity contribution in [1.82, 2.24) is 10.2 Å². The molecule has 2 saturated heterocycles. The SMILES string of the molecule is CCC(CC)[C@@H]1C[C@H](NC(=O)c2ccc(OCC(=O)N3[C@@H](C)CCC[C@@H]3C)cc2)CCO1. The van der Waals surface area contributed by atoms with Gasteiger partial charge in [-0.1, -0.05) is 26.7 Å².